The van der Waals surface area contributed by atoms with E-state index in [0.717, 1.165) is 0 Å². The zero-order valence-corrected chi connectivity index (χ0v) is 11.1. The van der Waals surface area contributed by atoms with Gasteiger partial charge in [-0.2, -0.15) is 0 Å². The van der Waals surface area contributed by atoms with Gasteiger partial charge in [-0.1, -0.05) is 30.6 Å². The number of carbonyl (C=O) groups excluding carboxylic acids is 1. The predicted octanol–water partition coefficient (Wildman–Crippen LogP) is -0.545. The van der Waals surface area contributed by atoms with Crippen LogP contribution in [0.15, 0.2) is 4.79 Å². The zero-order chi connectivity index (χ0) is 12.0. The summed E-state index contributed by atoms with van der Waals surface area (Å²) < 4.78 is 3.00. The number of aromatic nitrogens is 1. The van der Waals surface area contributed by atoms with Crippen LogP contribution in [0.2, 0.25) is 0 Å². The van der Waals surface area contributed by atoms with E-state index >= 15 is 0 Å². The topological polar surface area (TPSA) is 42.3 Å². The van der Waals surface area contributed by atoms with Crippen molar-refractivity contribution >= 4 is 57.0 Å². The first-order valence-corrected chi connectivity index (χ1v) is 6.36. The number of thiocarbonyl (C=S) groups is 1. The minimum atomic E-state index is -0.165. The molecule has 16 heavy (non-hydrogen) atoms. The normalized spacial score (nSPS) is 19.8. The number of rotatable bonds is 0. The van der Waals surface area contributed by atoms with Gasteiger partial charge in [-0.3, -0.25) is 14.5 Å². The van der Waals surface area contributed by atoms with E-state index in [1.807, 2.05) is 0 Å². The third-order valence-corrected chi connectivity index (χ3v) is 4.99. The minimum Gasteiger partial charge on any atom is -0.301 e. The Hall–Kier alpha value is -0.920. The summed E-state index contributed by atoms with van der Waals surface area (Å²) in [6.45, 7) is 3.64. The smallest absolute Gasteiger partial charge is 0.268 e. The van der Waals surface area contributed by atoms with Crippen LogP contribution in [0.5, 0.6) is 0 Å². The minimum absolute atomic E-state index is 0.160. The highest BCUT2D eigenvalue weighted by molar-refractivity contribution is 8.30. The maximum Gasteiger partial charge on any atom is 0.268 e. The summed E-state index contributed by atoms with van der Waals surface area (Å²) in [4.78, 5) is 25.3. The molecule has 1 aromatic heterocycles. The summed E-state index contributed by atoms with van der Waals surface area (Å²) in [5.41, 5.74) is -0.165. The average Bonchev–Trinajstić information content (AvgIpc) is 2.64. The highest BCUT2D eigenvalue weighted by Crippen LogP contribution is 2.29. The molecule has 4 nitrogen and oxygen atoms in total. The van der Waals surface area contributed by atoms with Gasteiger partial charge >= 0.3 is 0 Å². The van der Waals surface area contributed by atoms with Crippen LogP contribution in [0.3, 0.4) is 0 Å². The fourth-order valence-electron chi connectivity index (χ4n) is 1.28. The van der Waals surface area contributed by atoms with Gasteiger partial charge in [0.05, 0.1) is 4.53 Å². The molecule has 0 aliphatic carbocycles. The molecule has 84 valence electrons. The molecule has 1 fully saturated rings. The molecule has 0 unspecified atom stereocenters. The predicted molar refractivity (Wildman–Crippen MR) is 70.7 cm³/mol. The van der Waals surface area contributed by atoms with Crippen molar-refractivity contribution in [3.63, 3.8) is 0 Å². The Morgan fingerprint density at radius 3 is 2.31 bits per heavy atom. The van der Waals surface area contributed by atoms with Crippen LogP contribution < -0.4 is 14.8 Å². The Kier molecular flexibility index (Phi) is 2.77. The van der Waals surface area contributed by atoms with Crippen molar-refractivity contribution in [1.29, 1.82) is 0 Å². The Balaban J connectivity index is 2.81. The van der Waals surface area contributed by atoms with Crippen LogP contribution >= 0.6 is 35.3 Å². The lowest BCUT2D eigenvalue weighted by molar-refractivity contribution is -0.119. The molecule has 1 aromatic rings. The molecule has 0 atom stereocenters. The van der Waals surface area contributed by atoms with Crippen molar-refractivity contribution in [3.05, 3.63) is 19.5 Å². The SMILES string of the molecule is C=c1s/c(=C2/SC(=S)N(C)C2=O)n(C)c1=O. The molecule has 1 aliphatic heterocycles. The lowest BCUT2D eigenvalue weighted by atomic mass is 10.5. The van der Waals surface area contributed by atoms with Gasteiger partial charge in [-0.05, 0) is 0 Å². The van der Waals surface area contributed by atoms with Crippen LogP contribution in [-0.4, -0.2) is 26.7 Å². The summed E-state index contributed by atoms with van der Waals surface area (Å²) in [6.07, 6.45) is 0. The molecule has 0 radical (unpaired) electrons. The third kappa shape index (κ3) is 1.55. The van der Waals surface area contributed by atoms with E-state index in [9.17, 15) is 9.59 Å². The molecule has 1 saturated heterocycles. The molecule has 0 N–H and O–H groups in total. The van der Waals surface area contributed by atoms with Gasteiger partial charge in [0.2, 0.25) is 0 Å². The largest absolute Gasteiger partial charge is 0.301 e. The zero-order valence-electron chi connectivity index (χ0n) is 8.64. The molecule has 0 aromatic carbocycles. The number of amides is 1. The van der Waals surface area contributed by atoms with Gasteiger partial charge in [0.15, 0.2) is 0 Å². The van der Waals surface area contributed by atoms with E-state index < -0.39 is 0 Å². The first-order valence-electron chi connectivity index (χ1n) is 4.32. The van der Waals surface area contributed by atoms with Crippen LogP contribution in [0.1, 0.15) is 0 Å². The van der Waals surface area contributed by atoms with Gasteiger partial charge in [0.25, 0.3) is 11.5 Å². The molecular weight excluding hydrogens is 264 g/mol. The van der Waals surface area contributed by atoms with Gasteiger partial charge in [-0.25, -0.2) is 0 Å². The second-order valence-corrected chi connectivity index (χ2v) is 5.98. The van der Waals surface area contributed by atoms with E-state index in [2.05, 4.69) is 6.58 Å². The molecule has 7 heteroatoms. The summed E-state index contributed by atoms with van der Waals surface area (Å²) >= 11 is 7.47. The first kappa shape index (κ1) is 11.6. The Labute approximate surface area is 105 Å². The van der Waals surface area contributed by atoms with E-state index in [4.69, 9.17) is 12.2 Å². The number of thiazole rings is 1. The van der Waals surface area contributed by atoms with E-state index in [1.165, 1.54) is 32.6 Å². The fraction of sp³-hybridized carbons (Fsp3) is 0.222. The summed E-state index contributed by atoms with van der Waals surface area (Å²) in [6, 6.07) is 0. The summed E-state index contributed by atoms with van der Waals surface area (Å²) in [5, 5.41) is 0. The van der Waals surface area contributed by atoms with Crippen LogP contribution in [-0.2, 0) is 11.8 Å². The van der Waals surface area contributed by atoms with E-state index in [1.54, 1.807) is 14.1 Å². The fourth-order valence-corrected chi connectivity index (χ4v) is 3.56. The van der Waals surface area contributed by atoms with Crippen LogP contribution in [0.25, 0.3) is 11.5 Å². The number of carbonyl (C=O) groups is 1. The maximum atomic E-state index is 11.8. The Morgan fingerprint density at radius 1 is 1.31 bits per heavy atom. The van der Waals surface area contributed by atoms with E-state index in [-0.39, 0.29) is 11.5 Å². The number of hydrogen-bond donors (Lipinski definition) is 0. The van der Waals surface area contributed by atoms with Crippen molar-refractivity contribution in [3.8, 4) is 0 Å². The second-order valence-electron chi connectivity index (χ2n) is 3.26. The molecule has 1 aliphatic rings. The van der Waals surface area contributed by atoms with Gasteiger partial charge < -0.3 is 4.57 Å². The van der Waals surface area contributed by atoms with Crippen molar-refractivity contribution in [1.82, 2.24) is 9.47 Å². The number of hydrogen-bond acceptors (Lipinski definition) is 5. The van der Waals surface area contributed by atoms with Crippen molar-refractivity contribution in [2.45, 2.75) is 0 Å². The van der Waals surface area contributed by atoms with Gasteiger partial charge in [0.1, 0.15) is 13.9 Å². The summed E-state index contributed by atoms with van der Waals surface area (Å²) in [5.74, 6) is -0.160. The third-order valence-electron chi connectivity index (χ3n) is 2.22. The molecule has 0 spiro atoms. The first-order chi connectivity index (χ1) is 7.43. The maximum absolute atomic E-state index is 11.8. The average molecular weight is 272 g/mol. The molecule has 1 amide bonds. The van der Waals surface area contributed by atoms with Crippen LogP contribution in [0, 0.1) is 0 Å². The number of nitrogens with zero attached hydrogens (tertiary/aromatic N) is 2. The highest BCUT2D eigenvalue weighted by atomic mass is 32.2. The lowest BCUT2D eigenvalue weighted by Gasteiger charge is -2.03. The molecule has 0 saturated carbocycles. The van der Waals surface area contributed by atoms with Crippen molar-refractivity contribution < 1.29 is 4.79 Å². The van der Waals surface area contributed by atoms with Gasteiger partial charge in [0, 0.05) is 14.1 Å². The Morgan fingerprint density at radius 2 is 1.94 bits per heavy atom. The molecule has 0 bridgehead atoms. The molecular formula is C9H8N2O2S3. The standard InChI is InChI=1S/C9H8N2O2S3/c1-4-6(12)10(2)8(15-4)5-7(13)11(3)9(14)16-5/h1H2,2-3H3/b8-5+. The van der Waals surface area contributed by atoms with Crippen LogP contribution in [0.4, 0.5) is 0 Å². The van der Waals surface area contributed by atoms with Crippen molar-refractivity contribution in [2.24, 2.45) is 7.05 Å². The lowest BCUT2D eigenvalue weighted by Crippen LogP contribution is -2.30. The van der Waals surface area contributed by atoms with Crippen molar-refractivity contribution in [2.75, 3.05) is 7.05 Å². The number of thioether (sulfide) groups is 1. The van der Waals surface area contributed by atoms with Gasteiger partial charge in [-0.15, -0.1) is 11.3 Å². The van der Waals surface area contributed by atoms with E-state index in [0.29, 0.717) is 18.4 Å². The quantitative estimate of drug-likeness (QED) is 0.595. The Bertz CT molecular complexity index is 655. The monoisotopic (exact) mass is 272 g/mol. The highest BCUT2D eigenvalue weighted by Gasteiger charge is 2.30. The summed E-state index contributed by atoms with van der Waals surface area (Å²) in [7, 11) is 3.26. The molecule has 2 heterocycles. The molecule has 2 rings (SSSR count). The second kappa shape index (κ2) is 3.83.